The number of carboxylic acids is 1. The molecule has 0 spiro atoms. The molecule has 0 aliphatic carbocycles. The number of carbonyl (C=O) groups is 2. The summed E-state index contributed by atoms with van der Waals surface area (Å²) in [7, 11) is 0. The van der Waals surface area contributed by atoms with Crippen LogP contribution in [-0.2, 0) is 9.59 Å². The number of benzene rings is 2. The molecule has 0 fully saturated rings. The van der Waals surface area contributed by atoms with Gasteiger partial charge in [-0.3, -0.25) is 14.5 Å². The Kier molecular flexibility index (Phi) is 4.55. The number of nitrogens with zero attached hydrogens (tertiary/aromatic N) is 1. The van der Waals surface area contributed by atoms with Gasteiger partial charge < -0.3 is 10.2 Å². The highest BCUT2D eigenvalue weighted by Crippen LogP contribution is 2.42. The van der Waals surface area contributed by atoms with E-state index in [0.717, 1.165) is 21.6 Å². The number of hydrogen-bond acceptors (Lipinski definition) is 4. The topological polar surface area (TPSA) is 77.8 Å². The van der Waals surface area contributed by atoms with E-state index < -0.39 is 5.97 Å². The summed E-state index contributed by atoms with van der Waals surface area (Å²) < 4.78 is 0. The van der Waals surface area contributed by atoms with E-state index in [1.54, 1.807) is 44.2 Å². The summed E-state index contributed by atoms with van der Waals surface area (Å²) in [6, 6.07) is 10.8. The summed E-state index contributed by atoms with van der Waals surface area (Å²) in [6.07, 6.45) is 1.73. The van der Waals surface area contributed by atoms with E-state index >= 15 is 0 Å². The zero-order valence-corrected chi connectivity index (χ0v) is 14.6. The molecule has 0 radical (unpaired) electrons. The third-order valence-electron chi connectivity index (χ3n) is 3.94. The molecule has 1 aliphatic rings. The van der Waals surface area contributed by atoms with Crippen molar-refractivity contribution < 1.29 is 19.8 Å². The van der Waals surface area contributed by atoms with Gasteiger partial charge in [-0.05, 0) is 60.9 Å². The van der Waals surface area contributed by atoms with Crippen molar-refractivity contribution in [2.75, 3.05) is 11.4 Å². The molecule has 0 aromatic heterocycles. The minimum atomic E-state index is -1.06. The molecule has 1 aliphatic heterocycles. The number of anilines is 1. The van der Waals surface area contributed by atoms with Crippen LogP contribution in [0.25, 0.3) is 6.08 Å². The number of rotatable bonds is 3. The molecule has 1 amide bonds. The summed E-state index contributed by atoms with van der Waals surface area (Å²) in [5.74, 6) is -1.16. The highest BCUT2D eigenvalue weighted by atomic mass is 32.2. The van der Waals surface area contributed by atoms with Crippen molar-refractivity contribution >= 4 is 35.4 Å². The molecule has 2 N–H and O–H groups in total. The lowest BCUT2D eigenvalue weighted by molar-refractivity contribution is -0.136. The summed E-state index contributed by atoms with van der Waals surface area (Å²) in [5.41, 5.74) is 2.85. The Balaban J connectivity index is 2.06. The second kappa shape index (κ2) is 6.64. The van der Waals surface area contributed by atoms with Gasteiger partial charge in [-0.1, -0.05) is 23.9 Å². The highest BCUT2D eigenvalue weighted by Gasteiger charge is 2.30. The first-order chi connectivity index (χ1) is 11.9. The Morgan fingerprint density at radius 2 is 1.84 bits per heavy atom. The van der Waals surface area contributed by atoms with Gasteiger partial charge in [0.1, 0.15) is 12.3 Å². The molecule has 0 unspecified atom stereocenters. The predicted octanol–water partition coefficient (Wildman–Crippen LogP) is 3.57. The second-order valence-corrected chi connectivity index (χ2v) is 6.95. The molecule has 0 saturated carbocycles. The molecular formula is C19H17NO4S. The van der Waals surface area contributed by atoms with Gasteiger partial charge in [0.2, 0.25) is 0 Å². The maximum atomic E-state index is 12.8. The SMILES string of the molecule is Cc1cc(C=C2Sc3ccccc3N(CC(=O)O)C2=O)cc(C)c1O. The molecular weight excluding hydrogens is 338 g/mol. The second-order valence-electron chi connectivity index (χ2n) is 5.87. The van der Waals surface area contributed by atoms with E-state index in [0.29, 0.717) is 10.6 Å². The lowest BCUT2D eigenvalue weighted by Crippen LogP contribution is -2.38. The number of fused-ring (bicyclic) bond motifs is 1. The molecule has 128 valence electrons. The van der Waals surface area contributed by atoms with Gasteiger partial charge in [-0.25, -0.2) is 0 Å². The normalized spacial score (nSPS) is 15.4. The van der Waals surface area contributed by atoms with Crippen LogP contribution in [0.5, 0.6) is 5.75 Å². The van der Waals surface area contributed by atoms with Gasteiger partial charge in [0, 0.05) is 4.90 Å². The van der Waals surface area contributed by atoms with Crippen molar-refractivity contribution in [1.29, 1.82) is 0 Å². The number of para-hydroxylation sites is 1. The van der Waals surface area contributed by atoms with E-state index in [2.05, 4.69) is 0 Å². The largest absolute Gasteiger partial charge is 0.507 e. The summed E-state index contributed by atoms with van der Waals surface area (Å²) in [4.78, 5) is 26.5. The number of aliphatic carboxylic acids is 1. The molecule has 5 nitrogen and oxygen atoms in total. The fraction of sp³-hybridized carbons (Fsp3) is 0.158. The van der Waals surface area contributed by atoms with E-state index in [1.807, 2.05) is 12.1 Å². The fourth-order valence-electron chi connectivity index (χ4n) is 2.78. The zero-order valence-electron chi connectivity index (χ0n) is 13.8. The number of carboxylic acid groups (broad SMARTS) is 1. The molecule has 0 bridgehead atoms. The molecule has 2 aromatic rings. The molecule has 25 heavy (non-hydrogen) atoms. The number of phenols is 1. The van der Waals surface area contributed by atoms with Crippen LogP contribution in [0.3, 0.4) is 0 Å². The first kappa shape index (κ1) is 17.1. The van der Waals surface area contributed by atoms with E-state index in [1.165, 1.54) is 16.7 Å². The highest BCUT2D eigenvalue weighted by molar-refractivity contribution is 8.04. The van der Waals surface area contributed by atoms with Crippen LogP contribution in [0.1, 0.15) is 16.7 Å². The van der Waals surface area contributed by atoms with Crippen molar-refractivity contribution in [3.63, 3.8) is 0 Å². The average Bonchev–Trinajstić information content (AvgIpc) is 2.56. The quantitative estimate of drug-likeness (QED) is 0.823. The first-order valence-electron chi connectivity index (χ1n) is 7.69. The molecule has 1 heterocycles. The third kappa shape index (κ3) is 3.39. The fourth-order valence-corrected chi connectivity index (χ4v) is 3.84. The predicted molar refractivity (Wildman–Crippen MR) is 97.8 cm³/mol. The number of phenolic OH excluding ortho intramolecular Hbond substituents is 1. The Bertz CT molecular complexity index is 881. The maximum absolute atomic E-state index is 12.8. The number of aromatic hydroxyl groups is 1. The molecule has 3 rings (SSSR count). The van der Waals surface area contributed by atoms with E-state index in [-0.39, 0.29) is 18.2 Å². The van der Waals surface area contributed by atoms with Crippen molar-refractivity contribution in [3.05, 3.63) is 58.0 Å². The Morgan fingerprint density at radius 3 is 2.48 bits per heavy atom. The smallest absolute Gasteiger partial charge is 0.323 e. The third-order valence-corrected chi connectivity index (χ3v) is 5.01. The molecule has 2 aromatic carbocycles. The van der Waals surface area contributed by atoms with Crippen molar-refractivity contribution in [3.8, 4) is 5.75 Å². The van der Waals surface area contributed by atoms with E-state index in [9.17, 15) is 14.7 Å². The van der Waals surface area contributed by atoms with Gasteiger partial charge in [0.05, 0.1) is 10.6 Å². The van der Waals surface area contributed by atoms with Crippen molar-refractivity contribution in [2.24, 2.45) is 0 Å². The molecule has 6 heteroatoms. The summed E-state index contributed by atoms with van der Waals surface area (Å²) in [6.45, 7) is 3.21. The number of aryl methyl sites for hydroxylation is 2. The summed E-state index contributed by atoms with van der Waals surface area (Å²) >= 11 is 1.32. The van der Waals surface area contributed by atoms with Crippen LogP contribution < -0.4 is 4.90 Å². The number of amides is 1. The van der Waals surface area contributed by atoms with Crippen molar-refractivity contribution in [2.45, 2.75) is 18.7 Å². The van der Waals surface area contributed by atoms with Crippen LogP contribution in [0, 0.1) is 13.8 Å². The molecule has 0 atom stereocenters. The lowest BCUT2D eigenvalue weighted by Gasteiger charge is -2.29. The van der Waals surface area contributed by atoms with Crippen LogP contribution in [0.15, 0.2) is 46.2 Å². The van der Waals surface area contributed by atoms with Crippen molar-refractivity contribution in [1.82, 2.24) is 0 Å². The van der Waals surface area contributed by atoms with Crippen LogP contribution in [0.4, 0.5) is 5.69 Å². The van der Waals surface area contributed by atoms with Gasteiger partial charge in [-0.2, -0.15) is 0 Å². The van der Waals surface area contributed by atoms with Crippen LogP contribution in [-0.4, -0.2) is 28.6 Å². The van der Waals surface area contributed by atoms with E-state index in [4.69, 9.17) is 5.11 Å². The Hall–Kier alpha value is -2.73. The molecule has 0 saturated heterocycles. The number of hydrogen-bond donors (Lipinski definition) is 2. The Labute approximate surface area is 149 Å². The van der Waals surface area contributed by atoms with Gasteiger partial charge in [-0.15, -0.1) is 0 Å². The monoisotopic (exact) mass is 355 g/mol. The van der Waals surface area contributed by atoms with Gasteiger partial charge in [0.15, 0.2) is 0 Å². The van der Waals surface area contributed by atoms with Crippen LogP contribution in [0.2, 0.25) is 0 Å². The minimum Gasteiger partial charge on any atom is -0.507 e. The number of carbonyl (C=O) groups excluding carboxylic acids is 1. The van der Waals surface area contributed by atoms with Crippen LogP contribution >= 0.6 is 11.8 Å². The minimum absolute atomic E-state index is 0.239. The zero-order chi connectivity index (χ0) is 18.1. The standard InChI is InChI=1S/C19H17NO4S/c1-11-7-13(8-12(2)18(11)23)9-16-19(24)20(10-17(21)22)14-5-3-4-6-15(14)25-16/h3-9,23H,10H2,1-2H3,(H,21,22). The number of thioether (sulfide) groups is 1. The Morgan fingerprint density at radius 1 is 1.20 bits per heavy atom. The summed E-state index contributed by atoms with van der Waals surface area (Å²) in [5, 5.41) is 19.0. The van der Waals surface area contributed by atoms with Gasteiger partial charge in [0.25, 0.3) is 5.91 Å². The van der Waals surface area contributed by atoms with Gasteiger partial charge >= 0.3 is 5.97 Å². The first-order valence-corrected chi connectivity index (χ1v) is 8.51. The maximum Gasteiger partial charge on any atom is 0.323 e. The average molecular weight is 355 g/mol. The lowest BCUT2D eigenvalue weighted by atomic mass is 10.1.